The number of benzene rings is 2. The van der Waals surface area contributed by atoms with E-state index < -0.39 is 12.3 Å². The lowest BCUT2D eigenvalue weighted by atomic mass is 10.0. The van der Waals surface area contributed by atoms with Crippen LogP contribution in [0.3, 0.4) is 0 Å². The van der Waals surface area contributed by atoms with E-state index in [1.54, 1.807) is 0 Å². The Hall–Kier alpha value is -2.69. The first-order valence-corrected chi connectivity index (χ1v) is 7.37. The number of hydrogen-bond acceptors (Lipinski definition) is 3. The van der Waals surface area contributed by atoms with Gasteiger partial charge in [0.15, 0.2) is 6.29 Å². The van der Waals surface area contributed by atoms with E-state index in [0.29, 0.717) is 5.92 Å². The summed E-state index contributed by atoms with van der Waals surface area (Å²) in [5.41, 5.74) is 9.43. The summed E-state index contributed by atoms with van der Waals surface area (Å²) in [6.07, 6.45) is -0.394. The zero-order valence-corrected chi connectivity index (χ0v) is 12.7. The summed E-state index contributed by atoms with van der Waals surface area (Å²) in [7, 11) is 0. The molecule has 4 N–H and O–H groups in total. The van der Waals surface area contributed by atoms with Gasteiger partial charge in [0.05, 0.1) is 11.4 Å². The van der Waals surface area contributed by atoms with Crippen LogP contribution in [-0.2, 0) is 0 Å². The molecule has 0 saturated heterocycles. The van der Waals surface area contributed by atoms with Crippen molar-refractivity contribution in [3.63, 3.8) is 0 Å². The number of amides is 2. The molecule has 0 bridgehead atoms. The van der Waals surface area contributed by atoms with E-state index in [2.05, 4.69) is 30.5 Å². The summed E-state index contributed by atoms with van der Waals surface area (Å²) in [5, 5.41) is 6.68. The van der Waals surface area contributed by atoms with Crippen molar-refractivity contribution in [2.24, 2.45) is 5.73 Å². The van der Waals surface area contributed by atoms with Crippen LogP contribution in [0.15, 0.2) is 48.5 Å². The van der Waals surface area contributed by atoms with Crippen LogP contribution in [0.25, 0.3) is 0 Å². The van der Waals surface area contributed by atoms with E-state index in [1.165, 1.54) is 10.5 Å². The maximum absolute atomic E-state index is 11.9. The number of anilines is 3. The molecule has 22 heavy (non-hydrogen) atoms. The molecule has 0 saturated carbocycles. The molecule has 1 heterocycles. The minimum absolute atomic E-state index is 0.384. The predicted octanol–water partition coefficient (Wildman–Crippen LogP) is 3.52. The van der Waals surface area contributed by atoms with Gasteiger partial charge in [-0.1, -0.05) is 44.2 Å². The van der Waals surface area contributed by atoms with Gasteiger partial charge in [0.1, 0.15) is 0 Å². The molecule has 1 aliphatic rings. The van der Waals surface area contributed by atoms with Gasteiger partial charge in [-0.3, -0.25) is 4.90 Å². The monoisotopic (exact) mass is 296 g/mol. The molecule has 0 radical (unpaired) electrons. The number of carbonyl (C=O) groups is 1. The van der Waals surface area contributed by atoms with Crippen LogP contribution in [0, 0.1) is 0 Å². The first-order valence-electron chi connectivity index (χ1n) is 7.37. The average molecular weight is 296 g/mol. The van der Waals surface area contributed by atoms with E-state index in [9.17, 15) is 4.79 Å². The molecular formula is C17H20N4O. The fourth-order valence-electron chi connectivity index (χ4n) is 2.78. The molecule has 5 heteroatoms. The Morgan fingerprint density at radius 3 is 2.59 bits per heavy atom. The van der Waals surface area contributed by atoms with Crippen LogP contribution >= 0.6 is 0 Å². The minimum atomic E-state index is -0.489. The van der Waals surface area contributed by atoms with Crippen molar-refractivity contribution >= 4 is 23.1 Å². The summed E-state index contributed by atoms with van der Waals surface area (Å²) in [6.45, 7) is 4.28. The Balaban J connectivity index is 1.92. The SMILES string of the molecule is CC(C)c1ccccc1NC1Nc2ccccc2N1C(N)=O. The van der Waals surface area contributed by atoms with Gasteiger partial charge in [0.2, 0.25) is 0 Å². The second kappa shape index (κ2) is 5.60. The van der Waals surface area contributed by atoms with Crippen LogP contribution in [0.2, 0.25) is 0 Å². The number of carbonyl (C=O) groups excluding carboxylic acids is 1. The smallest absolute Gasteiger partial charge is 0.322 e. The summed E-state index contributed by atoms with van der Waals surface area (Å²) < 4.78 is 0. The summed E-state index contributed by atoms with van der Waals surface area (Å²) >= 11 is 0. The molecule has 5 nitrogen and oxygen atoms in total. The van der Waals surface area contributed by atoms with Crippen molar-refractivity contribution in [1.29, 1.82) is 0 Å². The Morgan fingerprint density at radius 2 is 1.86 bits per heavy atom. The zero-order chi connectivity index (χ0) is 15.7. The third-order valence-electron chi connectivity index (χ3n) is 3.83. The fraction of sp³-hybridized carbons (Fsp3) is 0.235. The van der Waals surface area contributed by atoms with E-state index in [4.69, 9.17) is 5.73 Å². The lowest BCUT2D eigenvalue weighted by Crippen LogP contribution is -2.48. The van der Waals surface area contributed by atoms with Gasteiger partial charge in [0.25, 0.3) is 0 Å². The number of rotatable bonds is 3. The van der Waals surface area contributed by atoms with E-state index in [-0.39, 0.29) is 0 Å². The Morgan fingerprint density at radius 1 is 1.18 bits per heavy atom. The molecule has 0 aromatic heterocycles. The normalized spacial score (nSPS) is 16.3. The molecule has 2 aromatic rings. The van der Waals surface area contributed by atoms with E-state index in [0.717, 1.165) is 17.1 Å². The number of fused-ring (bicyclic) bond motifs is 1. The van der Waals surface area contributed by atoms with Crippen molar-refractivity contribution in [1.82, 2.24) is 0 Å². The Bertz CT molecular complexity index is 699. The summed E-state index contributed by atoms with van der Waals surface area (Å²) in [5.74, 6) is 0.384. The highest BCUT2D eigenvalue weighted by atomic mass is 16.2. The van der Waals surface area contributed by atoms with E-state index >= 15 is 0 Å². The van der Waals surface area contributed by atoms with Crippen molar-refractivity contribution in [2.45, 2.75) is 26.1 Å². The highest BCUT2D eigenvalue weighted by Gasteiger charge is 2.32. The maximum Gasteiger partial charge on any atom is 0.322 e. The summed E-state index contributed by atoms with van der Waals surface area (Å²) in [6, 6.07) is 15.2. The molecule has 1 aliphatic heterocycles. The third kappa shape index (κ3) is 2.45. The van der Waals surface area contributed by atoms with Gasteiger partial charge < -0.3 is 16.4 Å². The number of nitrogens with zero attached hydrogens (tertiary/aromatic N) is 1. The molecule has 1 unspecified atom stereocenters. The summed E-state index contributed by atoms with van der Waals surface area (Å²) in [4.78, 5) is 13.4. The van der Waals surface area contributed by atoms with Crippen LogP contribution in [0.5, 0.6) is 0 Å². The number of nitrogens with two attached hydrogens (primary N) is 1. The molecule has 2 aromatic carbocycles. The van der Waals surface area contributed by atoms with Gasteiger partial charge in [-0.25, -0.2) is 4.79 Å². The molecule has 1 atom stereocenters. The number of primary amides is 1. The van der Waals surface area contributed by atoms with Gasteiger partial charge in [-0.05, 0) is 29.7 Å². The highest BCUT2D eigenvalue weighted by Crippen LogP contribution is 2.35. The second-order valence-corrected chi connectivity index (χ2v) is 5.66. The van der Waals surface area contributed by atoms with Gasteiger partial charge in [-0.15, -0.1) is 0 Å². The largest absolute Gasteiger partial charge is 0.351 e. The van der Waals surface area contributed by atoms with Gasteiger partial charge in [-0.2, -0.15) is 0 Å². The van der Waals surface area contributed by atoms with Gasteiger partial charge >= 0.3 is 6.03 Å². The lowest BCUT2D eigenvalue weighted by Gasteiger charge is -2.26. The average Bonchev–Trinajstić information content (AvgIpc) is 2.85. The number of hydrogen-bond donors (Lipinski definition) is 3. The Kier molecular flexibility index (Phi) is 3.63. The van der Waals surface area contributed by atoms with Crippen LogP contribution in [0.4, 0.5) is 21.9 Å². The molecule has 114 valence electrons. The number of nitrogens with one attached hydrogen (secondary N) is 2. The molecular weight excluding hydrogens is 276 g/mol. The maximum atomic E-state index is 11.9. The van der Waals surface area contributed by atoms with Crippen molar-refractivity contribution in [2.75, 3.05) is 15.5 Å². The standard InChI is InChI=1S/C17H20N4O/c1-11(2)12-7-3-4-8-13(12)19-17-20-14-9-5-6-10-15(14)21(17)16(18)22/h3-11,17,19-20H,1-2H3,(H2,18,22). The Labute approximate surface area is 130 Å². The topological polar surface area (TPSA) is 70.4 Å². The van der Waals surface area contributed by atoms with Crippen LogP contribution in [-0.4, -0.2) is 12.3 Å². The van der Waals surface area contributed by atoms with Gasteiger partial charge in [0, 0.05) is 5.69 Å². The molecule has 0 spiro atoms. The molecule has 2 amide bonds. The molecule has 3 rings (SSSR count). The van der Waals surface area contributed by atoms with Crippen molar-refractivity contribution < 1.29 is 4.79 Å². The zero-order valence-electron chi connectivity index (χ0n) is 12.7. The minimum Gasteiger partial charge on any atom is -0.351 e. The number of para-hydroxylation sites is 3. The van der Waals surface area contributed by atoms with E-state index in [1.807, 2.05) is 42.5 Å². The molecule has 0 fully saturated rings. The quantitative estimate of drug-likeness (QED) is 0.811. The predicted molar refractivity (Wildman–Crippen MR) is 90.1 cm³/mol. The lowest BCUT2D eigenvalue weighted by molar-refractivity contribution is 0.253. The number of urea groups is 1. The van der Waals surface area contributed by atoms with Crippen LogP contribution < -0.4 is 21.3 Å². The third-order valence-corrected chi connectivity index (χ3v) is 3.83. The van der Waals surface area contributed by atoms with Crippen molar-refractivity contribution in [3.8, 4) is 0 Å². The molecule has 0 aliphatic carbocycles. The van der Waals surface area contributed by atoms with Crippen LogP contribution in [0.1, 0.15) is 25.3 Å². The first kappa shape index (κ1) is 14.3. The fourth-order valence-corrected chi connectivity index (χ4v) is 2.78. The second-order valence-electron chi connectivity index (χ2n) is 5.66. The van der Waals surface area contributed by atoms with Crippen molar-refractivity contribution in [3.05, 3.63) is 54.1 Å². The first-order chi connectivity index (χ1) is 10.6. The highest BCUT2D eigenvalue weighted by molar-refractivity contribution is 5.98.